The summed E-state index contributed by atoms with van der Waals surface area (Å²) in [5.41, 5.74) is 4.16. The van der Waals surface area contributed by atoms with Gasteiger partial charge in [0.1, 0.15) is 5.69 Å². The summed E-state index contributed by atoms with van der Waals surface area (Å²) in [5, 5.41) is 6.61. The van der Waals surface area contributed by atoms with Crippen molar-refractivity contribution < 1.29 is 9.59 Å². The predicted octanol–water partition coefficient (Wildman–Crippen LogP) is 3.70. The minimum absolute atomic E-state index is 0.127. The van der Waals surface area contributed by atoms with Gasteiger partial charge in [0.15, 0.2) is 0 Å². The van der Waals surface area contributed by atoms with E-state index >= 15 is 0 Å². The number of fused-ring (bicyclic) bond motifs is 1. The van der Waals surface area contributed by atoms with Crippen LogP contribution >= 0.6 is 0 Å². The Hall–Kier alpha value is -3.08. The van der Waals surface area contributed by atoms with Gasteiger partial charge >= 0.3 is 0 Å². The number of aryl methyl sites for hydroxylation is 2. The van der Waals surface area contributed by atoms with Gasteiger partial charge in [-0.2, -0.15) is 0 Å². The first-order chi connectivity index (χ1) is 11.4. The second-order valence-electron chi connectivity index (χ2n) is 5.86. The topological polar surface area (TPSA) is 63.1 Å². The third-order valence-electron chi connectivity index (χ3n) is 3.90. The molecule has 0 atom stereocenters. The normalized spacial score (nSPS) is 10.6. The van der Waals surface area contributed by atoms with E-state index in [0.717, 1.165) is 16.5 Å². The van der Waals surface area contributed by atoms with Gasteiger partial charge in [-0.1, -0.05) is 12.1 Å². The molecular weight excluding hydrogens is 302 g/mol. The van der Waals surface area contributed by atoms with Crippen LogP contribution in [-0.4, -0.2) is 16.4 Å². The second kappa shape index (κ2) is 6.20. The lowest BCUT2D eigenvalue weighted by atomic mass is 10.2. The molecule has 3 rings (SSSR count). The van der Waals surface area contributed by atoms with Crippen LogP contribution in [0.25, 0.3) is 10.9 Å². The van der Waals surface area contributed by atoms with Crippen LogP contribution in [0, 0.1) is 6.92 Å². The molecule has 0 saturated heterocycles. The van der Waals surface area contributed by atoms with E-state index < -0.39 is 0 Å². The van der Waals surface area contributed by atoms with Gasteiger partial charge in [-0.05, 0) is 48.9 Å². The molecule has 122 valence electrons. The fraction of sp³-hybridized carbons (Fsp3) is 0.158. The van der Waals surface area contributed by atoms with Crippen molar-refractivity contribution in [1.82, 2.24) is 4.57 Å². The Kier molecular flexibility index (Phi) is 4.08. The minimum Gasteiger partial charge on any atom is -0.340 e. The van der Waals surface area contributed by atoms with E-state index in [4.69, 9.17) is 0 Å². The van der Waals surface area contributed by atoms with Crippen LogP contribution in [0.15, 0.2) is 48.5 Å². The molecule has 0 fully saturated rings. The number of nitrogens with zero attached hydrogens (tertiary/aromatic N) is 1. The Bertz CT molecular complexity index is 924. The molecule has 0 radical (unpaired) electrons. The molecule has 2 amide bonds. The summed E-state index contributed by atoms with van der Waals surface area (Å²) < 4.78 is 1.89. The van der Waals surface area contributed by atoms with Crippen LogP contribution < -0.4 is 10.6 Å². The quantitative estimate of drug-likeness (QED) is 0.772. The Balaban J connectivity index is 1.82. The second-order valence-corrected chi connectivity index (χ2v) is 5.86. The van der Waals surface area contributed by atoms with Crippen molar-refractivity contribution in [3.05, 3.63) is 59.8 Å². The number of benzene rings is 2. The molecule has 1 aromatic heterocycles. The third kappa shape index (κ3) is 3.15. The molecule has 0 saturated carbocycles. The highest BCUT2D eigenvalue weighted by Crippen LogP contribution is 2.21. The summed E-state index contributed by atoms with van der Waals surface area (Å²) in [5.74, 6) is -0.295. The number of hydrogen-bond acceptors (Lipinski definition) is 2. The lowest BCUT2D eigenvalue weighted by Crippen LogP contribution is -2.15. The number of carbonyl (C=O) groups is 2. The first kappa shape index (κ1) is 15.8. The number of hydrogen-bond donors (Lipinski definition) is 2. The fourth-order valence-corrected chi connectivity index (χ4v) is 2.69. The van der Waals surface area contributed by atoms with Gasteiger partial charge in [0.2, 0.25) is 5.91 Å². The monoisotopic (exact) mass is 321 g/mol. The fourth-order valence-electron chi connectivity index (χ4n) is 2.69. The number of aromatic nitrogens is 1. The maximum Gasteiger partial charge on any atom is 0.272 e. The number of carbonyl (C=O) groups excluding carboxylic acids is 2. The van der Waals surface area contributed by atoms with Crippen molar-refractivity contribution in [2.24, 2.45) is 7.05 Å². The lowest BCUT2D eigenvalue weighted by Gasteiger charge is -2.08. The molecule has 0 bridgehead atoms. The molecule has 0 spiro atoms. The van der Waals surface area contributed by atoms with Crippen LogP contribution in [0.5, 0.6) is 0 Å². The molecule has 3 aromatic rings. The molecule has 2 aromatic carbocycles. The van der Waals surface area contributed by atoms with Crippen molar-refractivity contribution in [2.45, 2.75) is 13.8 Å². The standard InChI is InChI=1S/C19H19N3O2/c1-12-4-5-14-11-18(22(3)17(14)10-12)19(24)21-16-8-6-15(7-9-16)20-13(2)23/h4-11H,1-3H3,(H,20,23)(H,21,24). The molecular formula is C19H19N3O2. The van der Waals surface area contributed by atoms with Gasteiger partial charge in [-0.15, -0.1) is 0 Å². The maximum absolute atomic E-state index is 12.6. The smallest absolute Gasteiger partial charge is 0.272 e. The zero-order valence-electron chi connectivity index (χ0n) is 13.9. The Morgan fingerprint density at radius 1 is 0.917 bits per heavy atom. The van der Waals surface area contributed by atoms with E-state index in [2.05, 4.69) is 16.7 Å². The number of nitrogens with one attached hydrogen (secondary N) is 2. The third-order valence-corrected chi connectivity index (χ3v) is 3.90. The van der Waals surface area contributed by atoms with Crippen LogP contribution in [0.4, 0.5) is 11.4 Å². The molecule has 24 heavy (non-hydrogen) atoms. The van der Waals surface area contributed by atoms with Crippen molar-refractivity contribution >= 4 is 34.1 Å². The largest absolute Gasteiger partial charge is 0.340 e. The molecule has 0 aliphatic carbocycles. The Morgan fingerprint density at radius 3 is 2.17 bits per heavy atom. The van der Waals surface area contributed by atoms with E-state index in [-0.39, 0.29) is 11.8 Å². The van der Waals surface area contributed by atoms with Crippen LogP contribution in [0.3, 0.4) is 0 Å². The number of amides is 2. The van der Waals surface area contributed by atoms with Crippen LogP contribution in [0.2, 0.25) is 0 Å². The zero-order chi connectivity index (χ0) is 17.3. The summed E-state index contributed by atoms with van der Waals surface area (Å²) in [6, 6.07) is 15.0. The first-order valence-corrected chi connectivity index (χ1v) is 7.69. The van der Waals surface area contributed by atoms with Crippen molar-refractivity contribution in [3.8, 4) is 0 Å². The number of anilines is 2. The average molecular weight is 321 g/mol. The van der Waals surface area contributed by atoms with Gasteiger partial charge in [0, 0.05) is 36.2 Å². The van der Waals surface area contributed by atoms with Crippen molar-refractivity contribution in [2.75, 3.05) is 10.6 Å². The molecule has 0 aliphatic heterocycles. The highest BCUT2D eigenvalue weighted by Gasteiger charge is 2.13. The average Bonchev–Trinajstić information content (AvgIpc) is 2.86. The van der Waals surface area contributed by atoms with E-state index in [0.29, 0.717) is 17.1 Å². The highest BCUT2D eigenvalue weighted by molar-refractivity contribution is 6.06. The van der Waals surface area contributed by atoms with Gasteiger partial charge in [-0.3, -0.25) is 9.59 Å². The maximum atomic E-state index is 12.6. The van der Waals surface area contributed by atoms with E-state index in [1.807, 2.05) is 36.7 Å². The summed E-state index contributed by atoms with van der Waals surface area (Å²) in [6.45, 7) is 3.49. The van der Waals surface area contributed by atoms with E-state index in [1.165, 1.54) is 6.92 Å². The van der Waals surface area contributed by atoms with Gasteiger partial charge in [-0.25, -0.2) is 0 Å². The minimum atomic E-state index is -0.168. The summed E-state index contributed by atoms with van der Waals surface area (Å²) in [6.07, 6.45) is 0. The molecule has 0 unspecified atom stereocenters. The van der Waals surface area contributed by atoms with E-state index in [9.17, 15) is 9.59 Å². The van der Waals surface area contributed by atoms with Gasteiger partial charge in [0.05, 0.1) is 0 Å². The molecule has 5 heteroatoms. The molecule has 1 heterocycles. The highest BCUT2D eigenvalue weighted by atomic mass is 16.2. The van der Waals surface area contributed by atoms with Crippen LogP contribution in [0.1, 0.15) is 23.0 Å². The van der Waals surface area contributed by atoms with Gasteiger partial charge < -0.3 is 15.2 Å². The van der Waals surface area contributed by atoms with E-state index in [1.54, 1.807) is 24.3 Å². The first-order valence-electron chi connectivity index (χ1n) is 7.69. The molecule has 0 aliphatic rings. The summed E-state index contributed by atoms with van der Waals surface area (Å²) in [4.78, 5) is 23.6. The molecule has 5 nitrogen and oxygen atoms in total. The number of rotatable bonds is 3. The summed E-state index contributed by atoms with van der Waals surface area (Å²) >= 11 is 0. The van der Waals surface area contributed by atoms with Crippen molar-refractivity contribution in [1.29, 1.82) is 0 Å². The predicted molar refractivity (Wildman–Crippen MR) is 96.4 cm³/mol. The lowest BCUT2D eigenvalue weighted by molar-refractivity contribution is -0.114. The SMILES string of the molecule is CC(=O)Nc1ccc(NC(=O)c2cc3ccc(C)cc3n2C)cc1. The summed E-state index contributed by atoms with van der Waals surface area (Å²) in [7, 11) is 1.89. The van der Waals surface area contributed by atoms with Crippen molar-refractivity contribution in [3.63, 3.8) is 0 Å². The van der Waals surface area contributed by atoms with Crippen LogP contribution in [-0.2, 0) is 11.8 Å². The van der Waals surface area contributed by atoms with Gasteiger partial charge in [0.25, 0.3) is 5.91 Å². The zero-order valence-corrected chi connectivity index (χ0v) is 13.9. The molecule has 2 N–H and O–H groups in total. The Morgan fingerprint density at radius 2 is 1.54 bits per heavy atom. The Labute approximate surface area is 140 Å².